The van der Waals surface area contributed by atoms with Gasteiger partial charge in [-0.1, -0.05) is 23.8 Å². The van der Waals surface area contributed by atoms with E-state index >= 15 is 0 Å². The summed E-state index contributed by atoms with van der Waals surface area (Å²) in [5.74, 6) is 0. The predicted octanol–water partition coefficient (Wildman–Crippen LogP) is 2.73. The van der Waals surface area contributed by atoms with Gasteiger partial charge in [0, 0.05) is 18.6 Å². The Bertz CT molecular complexity index is 369. The van der Waals surface area contributed by atoms with Gasteiger partial charge in [-0.05, 0) is 52.9 Å². The molecule has 2 heteroatoms. The fraction of sp³-hybridized carbons (Fsp3) is 0.600. The van der Waals surface area contributed by atoms with Crippen LogP contribution in [0.2, 0.25) is 0 Å². The van der Waals surface area contributed by atoms with Crippen LogP contribution in [-0.4, -0.2) is 31.1 Å². The Labute approximate surface area is 106 Å². The van der Waals surface area contributed by atoms with Gasteiger partial charge in [-0.3, -0.25) is 0 Å². The third kappa shape index (κ3) is 4.49. The van der Waals surface area contributed by atoms with E-state index in [1.807, 2.05) is 7.05 Å². The minimum Gasteiger partial charge on any atom is -0.314 e. The normalized spacial score (nSPS) is 12.2. The maximum absolute atomic E-state index is 3.34. The molecule has 0 saturated heterocycles. The van der Waals surface area contributed by atoms with Gasteiger partial charge in [0.2, 0.25) is 0 Å². The number of likely N-dealkylation sites (N-methyl/N-ethyl adjacent to an activating group) is 2. The van der Waals surface area contributed by atoms with Gasteiger partial charge in [-0.15, -0.1) is 0 Å². The first-order valence-corrected chi connectivity index (χ1v) is 6.27. The van der Waals surface area contributed by atoms with Crippen LogP contribution in [0, 0.1) is 13.8 Å². The number of hydrogen-bond acceptors (Lipinski definition) is 2. The zero-order chi connectivity index (χ0) is 13.1. The van der Waals surface area contributed by atoms with E-state index in [-0.39, 0.29) is 5.54 Å². The number of hydrogen-bond donors (Lipinski definition) is 1. The zero-order valence-corrected chi connectivity index (χ0v) is 12.1. The lowest BCUT2D eigenvalue weighted by Gasteiger charge is -2.30. The van der Waals surface area contributed by atoms with Crippen molar-refractivity contribution in [3.8, 4) is 0 Å². The molecule has 17 heavy (non-hydrogen) atoms. The van der Waals surface area contributed by atoms with Crippen molar-refractivity contribution in [2.45, 2.75) is 39.8 Å². The van der Waals surface area contributed by atoms with Crippen molar-refractivity contribution in [3.63, 3.8) is 0 Å². The minimum absolute atomic E-state index is 0.159. The fourth-order valence-electron chi connectivity index (χ4n) is 2.07. The van der Waals surface area contributed by atoms with Crippen molar-refractivity contribution < 1.29 is 0 Å². The van der Waals surface area contributed by atoms with Gasteiger partial charge in [0.1, 0.15) is 0 Å². The van der Waals surface area contributed by atoms with Gasteiger partial charge in [-0.25, -0.2) is 0 Å². The molecule has 0 aliphatic rings. The molecule has 0 aliphatic carbocycles. The summed E-state index contributed by atoms with van der Waals surface area (Å²) in [6, 6.07) is 6.68. The SMILES string of the molecule is CNC(C)(C)CN(C)Cc1cc(C)ccc1C. The molecule has 1 aromatic rings. The van der Waals surface area contributed by atoms with Gasteiger partial charge in [0.15, 0.2) is 0 Å². The van der Waals surface area contributed by atoms with Crippen molar-refractivity contribution in [2.24, 2.45) is 0 Å². The van der Waals surface area contributed by atoms with E-state index in [0.29, 0.717) is 0 Å². The van der Waals surface area contributed by atoms with Crippen LogP contribution in [0.15, 0.2) is 18.2 Å². The van der Waals surface area contributed by atoms with Gasteiger partial charge in [0.05, 0.1) is 0 Å². The molecule has 0 spiro atoms. The van der Waals surface area contributed by atoms with Crippen molar-refractivity contribution in [1.82, 2.24) is 10.2 Å². The second-order valence-corrected chi connectivity index (χ2v) is 5.74. The molecule has 1 aromatic carbocycles. The first kappa shape index (κ1) is 14.2. The van der Waals surface area contributed by atoms with Crippen LogP contribution in [0.3, 0.4) is 0 Å². The van der Waals surface area contributed by atoms with Crippen molar-refractivity contribution in [1.29, 1.82) is 0 Å². The molecule has 0 saturated carbocycles. The van der Waals surface area contributed by atoms with Crippen LogP contribution in [0.1, 0.15) is 30.5 Å². The highest BCUT2D eigenvalue weighted by Gasteiger charge is 2.17. The Morgan fingerprint density at radius 1 is 1.24 bits per heavy atom. The quantitative estimate of drug-likeness (QED) is 0.843. The molecule has 0 heterocycles. The average Bonchev–Trinajstić information content (AvgIpc) is 2.23. The lowest BCUT2D eigenvalue weighted by molar-refractivity contribution is 0.238. The van der Waals surface area contributed by atoms with E-state index in [2.05, 4.69) is 63.2 Å². The van der Waals surface area contributed by atoms with Gasteiger partial charge >= 0.3 is 0 Å². The Hall–Kier alpha value is -0.860. The molecule has 0 unspecified atom stereocenters. The summed E-state index contributed by atoms with van der Waals surface area (Å²) in [5.41, 5.74) is 4.31. The Kier molecular flexibility index (Phi) is 4.72. The first-order valence-electron chi connectivity index (χ1n) is 6.27. The van der Waals surface area contributed by atoms with Crippen LogP contribution >= 0.6 is 0 Å². The smallest absolute Gasteiger partial charge is 0.0249 e. The Morgan fingerprint density at radius 3 is 2.47 bits per heavy atom. The molecule has 0 bridgehead atoms. The minimum atomic E-state index is 0.159. The van der Waals surface area contributed by atoms with E-state index in [1.165, 1.54) is 16.7 Å². The Morgan fingerprint density at radius 2 is 1.88 bits per heavy atom. The maximum Gasteiger partial charge on any atom is 0.0249 e. The monoisotopic (exact) mass is 234 g/mol. The van der Waals surface area contributed by atoms with E-state index in [9.17, 15) is 0 Å². The molecule has 1 N–H and O–H groups in total. The summed E-state index contributed by atoms with van der Waals surface area (Å²) < 4.78 is 0. The molecule has 0 amide bonds. The molecule has 0 aromatic heterocycles. The standard InChI is InChI=1S/C15H26N2/c1-12-7-8-13(2)14(9-12)10-17(6)11-15(3,4)16-5/h7-9,16H,10-11H2,1-6H3. The third-order valence-electron chi connectivity index (χ3n) is 3.29. The van der Waals surface area contributed by atoms with Crippen LogP contribution in [0.4, 0.5) is 0 Å². The topological polar surface area (TPSA) is 15.3 Å². The highest BCUT2D eigenvalue weighted by atomic mass is 15.1. The molecule has 2 nitrogen and oxygen atoms in total. The number of rotatable bonds is 5. The largest absolute Gasteiger partial charge is 0.314 e. The summed E-state index contributed by atoms with van der Waals surface area (Å²) in [7, 11) is 4.20. The maximum atomic E-state index is 3.34. The van der Waals surface area contributed by atoms with Gasteiger partial charge in [0.25, 0.3) is 0 Å². The van der Waals surface area contributed by atoms with Crippen LogP contribution in [0.5, 0.6) is 0 Å². The molecule has 0 aliphatic heterocycles. The molecule has 1 rings (SSSR count). The zero-order valence-electron chi connectivity index (χ0n) is 12.1. The average molecular weight is 234 g/mol. The summed E-state index contributed by atoms with van der Waals surface area (Å²) in [6.07, 6.45) is 0. The molecule has 96 valence electrons. The number of nitrogens with zero attached hydrogens (tertiary/aromatic N) is 1. The number of nitrogens with one attached hydrogen (secondary N) is 1. The number of benzene rings is 1. The highest BCUT2D eigenvalue weighted by Crippen LogP contribution is 2.14. The van der Waals surface area contributed by atoms with E-state index in [4.69, 9.17) is 0 Å². The van der Waals surface area contributed by atoms with Crippen molar-refractivity contribution in [2.75, 3.05) is 20.6 Å². The third-order valence-corrected chi connectivity index (χ3v) is 3.29. The molecule has 0 fully saturated rings. The van der Waals surface area contributed by atoms with Crippen LogP contribution in [-0.2, 0) is 6.54 Å². The van der Waals surface area contributed by atoms with Gasteiger partial charge in [-0.2, -0.15) is 0 Å². The van der Waals surface area contributed by atoms with E-state index in [0.717, 1.165) is 13.1 Å². The molecule has 0 atom stereocenters. The van der Waals surface area contributed by atoms with Gasteiger partial charge < -0.3 is 10.2 Å². The first-order chi connectivity index (χ1) is 7.84. The fourth-order valence-corrected chi connectivity index (χ4v) is 2.07. The number of aryl methyl sites for hydroxylation is 2. The molecule has 0 radical (unpaired) electrons. The lowest BCUT2D eigenvalue weighted by Crippen LogP contribution is -2.46. The van der Waals surface area contributed by atoms with Crippen molar-refractivity contribution in [3.05, 3.63) is 34.9 Å². The lowest BCUT2D eigenvalue weighted by atomic mass is 10.0. The van der Waals surface area contributed by atoms with E-state index < -0.39 is 0 Å². The Balaban J connectivity index is 2.68. The summed E-state index contributed by atoms with van der Waals surface area (Å²) >= 11 is 0. The van der Waals surface area contributed by atoms with Crippen LogP contribution in [0.25, 0.3) is 0 Å². The molecular formula is C15H26N2. The predicted molar refractivity (Wildman–Crippen MR) is 75.4 cm³/mol. The van der Waals surface area contributed by atoms with Crippen molar-refractivity contribution >= 4 is 0 Å². The summed E-state index contributed by atoms with van der Waals surface area (Å²) in [5, 5.41) is 3.34. The van der Waals surface area contributed by atoms with E-state index in [1.54, 1.807) is 0 Å². The second kappa shape index (κ2) is 5.65. The summed E-state index contributed by atoms with van der Waals surface area (Å²) in [6.45, 7) is 10.8. The second-order valence-electron chi connectivity index (χ2n) is 5.74. The molecular weight excluding hydrogens is 208 g/mol. The highest BCUT2D eigenvalue weighted by molar-refractivity contribution is 5.30. The summed E-state index contributed by atoms with van der Waals surface area (Å²) in [4.78, 5) is 2.37. The van der Waals surface area contributed by atoms with Crippen LogP contribution < -0.4 is 5.32 Å².